The summed E-state index contributed by atoms with van der Waals surface area (Å²) < 4.78 is 25.3. The van der Waals surface area contributed by atoms with E-state index < -0.39 is 9.84 Å². The molecule has 5 nitrogen and oxygen atoms in total. The Morgan fingerprint density at radius 1 is 1.15 bits per heavy atom. The molecule has 0 fully saturated rings. The summed E-state index contributed by atoms with van der Waals surface area (Å²) in [5.41, 5.74) is 2.00. The van der Waals surface area contributed by atoms with Gasteiger partial charge in [-0.3, -0.25) is 0 Å². The Labute approximate surface area is 154 Å². The number of rotatable bonds is 5. The number of aromatic nitrogens is 1. The number of nitriles is 1. The summed E-state index contributed by atoms with van der Waals surface area (Å²) in [6, 6.07) is 9.74. The van der Waals surface area contributed by atoms with E-state index in [-0.39, 0.29) is 27.5 Å². The summed E-state index contributed by atoms with van der Waals surface area (Å²) >= 11 is 0. The van der Waals surface area contributed by atoms with E-state index >= 15 is 0 Å². The van der Waals surface area contributed by atoms with Gasteiger partial charge in [-0.2, -0.15) is 5.26 Å². The second kappa shape index (κ2) is 7.71. The molecule has 26 heavy (non-hydrogen) atoms. The summed E-state index contributed by atoms with van der Waals surface area (Å²) in [4.78, 5) is 3.46. The maximum atomic E-state index is 12.7. The maximum Gasteiger partial charge on any atom is 0.233 e. The second-order valence-electron chi connectivity index (χ2n) is 6.65. The Balaban J connectivity index is 2.65. The van der Waals surface area contributed by atoms with Gasteiger partial charge in [0.25, 0.3) is 0 Å². The molecule has 1 aromatic carbocycles. The topological polar surface area (TPSA) is 91.0 Å². The van der Waals surface area contributed by atoms with Gasteiger partial charge in [0.15, 0.2) is 9.93 Å². The van der Waals surface area contributed by atoms with Crippen LogP contribution in [0.3, 0.4) is 0 Å². The number of hydrogen-bond donors (Lipinski definition) is 1. The largest absolute Gasteiger partial charge is 0.507 e. The van der Waals surface area contributed by atoms with Gasteiger partial charge in [0, 0.05) is 6.20 Å². The minimum Gasteiger partial charge on any atom is -0.507 e. The molecular weight excluding hydrogens is 348 g/mol. The number of hydrogen-bond acceptors (Lipinski definition) is 5. The van der Waals surface area contributed by atoms with Crippen LogP contribution in [0.1, 0.15) is 56.2 Å². The normalized spacial score (nSPS) is 12.4. The Morgan fingerprint density at radius 2 is 1.73 bits per heavy atom. The first-order valence-corrected chi connectivity index (χ1v) is 9.81. The summed E-state index contributed by atoms with van der Waals surface area (Å²) in [6.45, 7) is 7.79. The lowest BCUT2D eigenvalue weighted by atomic mass is 9.91. The number of aromatic hydroxyl groups is 1. The van der Waals surface area contributed by atoms with Gasteiger partial charge < -0.3 is 5.11 Å². The van der Waals surface area contributed by atoms with E-state index in [1.165, 1.54) is 18.3 Å². The number of phenolic OH excluding ortho intramolecular Hbond substituents is 1. The molecular formula is C20H22N2O3S. The molecule has 1 N–H and O–H groups in total. The van der Waals surface area contributed by atoms with Crippen molar-refractivity contribution < 1.29 is 13.5 Å². The lowest BCUT2D eigenvalue weighted by Crippen LogP contribution is -2.05. The van der Waals surface area contributed by atoms with Crippen molar-refractivity contribution in [2.45, 2.75) is 44.6 Å². The highest BCUT2D eigenvalue weighted by Gasteiger charge is 2.23. The average Bonchev–Trinajstić information content (AvgIpc) is 2.60. The third kappa shape index (κ3) is 3.94. The summed E-state index contributed by atoms with van der Waals surface area (Å²) in [5.74, 6) is 0.329. The second-order valence-corrected chi connectivity index (χ2v) is 8.51. The van der Waals surface area contributed by atoms with E-state index in [2.05, 4.69) is 4.98 Å². The van der Waals surface area contributed by atoms with Gasteiger partial charge in [-0.15, -0.1) is 0 Å². The third-order valence-corrected chi connectivity index (χ3v) is 5.63. The molecule has 0 aliphatic heterocycles. The molecule has 0 bridgehead atoms. The molecule has 0 unspecified atom stereocenters. The third-order valence-electron chi connectivity index (χ3n) is 4.05. The van der Waals surface area contributed by atoms with Crippen LogP contribution in [0.2, 0.25) is 0 Å². The molecule has 2 rings (SSSR count). The van der Waals surface area contributed by atoms with Crippen LogP contribution >= 0.6 is 0 Å². The van der Waals surface area contributed by atoms with E-state index in [0.29, 0.717) is 5.56 Å². The number of phenols is 1. The monoisotopic (exact) mass is 370 g/mol. The highest BCUT2D eigenvalue weighted by atomic mass is 32.2. The van der Waals surface area contributed by atoms with Gasteiger partial charge in [-0.1, -0.05) is 33.8 Å². The van der Waals surface area contributed by atoms with E-state index in [4.69, 9.17) is 0 Å². The molecule has 0 aliphatic rings. The van der Waals surface area contributed by atoms with Crippen LogP contribution in [-0.2, 0) is 9.84 Å². The highest BCUT2D eigenvalue weighted by Crippen LogP contribution is 2.35. The SMILES string of the molecule is CC(C)c1cc(/C=C(/C#N)S(=O)(=O)c2ccccn2)cc(C(C)C)c1O. The molecule has 1 aromatic heterocycles. The van der Waals surface area contributed by atoms with Crippen molar-refractivity contribution in [2.24, 2.45) is 0 Å². The fourth-order valence-electron chi connectivity index (χ4n) is 2.61. The molecule has 6 heteroatoms. The Morgan fingerprint density at radius 3 is 2.15 bits per heavy atom. The van der Waals surface area contributed by atoms with E-state index in [1.807, 2.05) is 27.7 Å². The van der Waals surface area contributed by atoms with Gasteiger partial charge in [-0.05, 0) is 58.9 Å². The summed E-state index contributed by atoms with van der Waals surface area (Å²) in [6.07, 6.45) is 2.71. The fourth-order valence-corrected chi connectivity index (χ4v) is 3.70. The molecule has 136 valence electrons. The van der Waals surface area contributed by atoms with E-state index in [0.717, 1.165) is 11.1 Å². The average molecular weight is 370 g/mol. The Bertz CT molecular complexity index is 941. The zero-order valence-electron chi connectivity index (χ0n) is 15.3. The van der Waals surface area contributed by atoms with Crippen LogP contribution in [0.5, 0.6) is 5.75 Å². The Hall–Kier alpha value is -2.65. The first-order chi connectivity index (χ1) is 12.2. The molecule has 0 amide bonds. The quantitative estimate of drug-likeness (QED) is 0.789. The highest BCUT2D eigenvalue weighted by molar-refractivity contribution is 7.95. The Kier molecular flexibility index (Phi) is 5.83. The van der Waals surface area contributed by atoms with Crippen LogP contribution < -0.4 is 0 Å². The van der Waals surface area contributed by atoms with Crippen molar-refractivity contribution in [1.29, 1.82) is 5.26 Å². The van der Waals surface area contributed by atoms with Crippen LogP contribution in [0.4, 0.5) is 0 Å². The smallest absolute Gasteiger partial charge is 0.233 e. The zero-order chi connectivity index (χ0) is 19.5. The zero-order valence-corrected chi connectivity index (χ0v) is 16.1. The molecule has 0 saturated carbocycles. The van der Waals surface area contributed by atoms with Crippen molar-refractivity contribution in [1.82, 2.24) is 4.98 Å². The van der Waals surface area contributed by atoms with Crippen molar-refractivity contribution in [2.75, 3.05) is 0 Å². The standard InChI is InChI=1S/C20H22N2O3S/c1-13(2)17-10-15(11-18(14(3)4)20(17)23)9-16(12-21)26(24,25)19-7-5-6-8-22-19/h5-11,13-14,23H,1-4H3/b16-9-. The number of nitrogens with zero attached hydrogens (tertiary/aromatic N) is 2. The van der Waals surface area contributed by atoms with Crippen molar-refractivity contribution in [3.05, 3.63) is 58.1 Å². The predicted molar refractivity (Wildman–Crippen MR) is 101 cm³/mol. The first-order valence-electron chi connectivity index (χ1n) is 8.33. The van der Waals surface area contributed by atoms with Gasteiger partial charge in [0.05, 0.1) is 0 Å². The lowest BCUT2D eigenvalue weighted by Gasteiger charge is -2.16. The van der Waals surface area contributed by atoms with Gasteiger partial charge in [0.2, 0.25) is 9.84 Å². The van der Waals surface area contributed by atoms with Crippen LogP contribution in [-0.4, -0.2) is 18.5 Å². The molecule has 0 atom stereocenters. The maximum absolute atomic E-state index is 12.7. The minimum atomic E-state index is -4.00. The number of allylic oxidation sites excluding steroid dienone is 1. The first kappa shape index (κ1) is 19.7. The molecule has 0 aliphatic carbocycles. The van der Waals surface area contributed by atoms with Crippen LogP contribution in [0.25, 0.3) is 6.08 Å². The summed E-state index contributed by atoms with van der Waals surface area (Å²) in [5, 5.41) is 19.7. The predicted octanol–water partition coefficient (Wildman–Crippen LogP) is 4.37. The van der Waals surface area contributed by atoms with Crippen molar-refractivity contribution in [3.63, 3.8) is 0 Å². The van der Waals surface area contributed by atoms with Crippen molar-refractivity contribution in [3.8, 4) is 11.8 Å². The van der Waals surface area contributed by atoms with Crippen LogP contribution in [0, 0.1) is 11.3 Å². The number of sulfone groups is 1. The van der Waals surface area contributed by atoms with Gasteiger partial charge in [-0.25, -0.2) is 13.4 Å². The minimum absolute atomic E-state index is 0.0544. The molecule has 0 spiro atoms. The lowest BCUT2D eigenvalue weighted by molar-refractivity contribution is 0.454. The molecule has 0 radical (unpaired) electrons. The van der Waals surface area contributed by atoms with Crippen molar-refractivity contribution >= 4 is 15.9 Å². The molecule has 1 heterocycles. The van der Waals surface area contributed by atoms with E-state index in [9.17, 15) is 18.8 Å². The molecule has 0 saturated heterocycles. The van der Waals surface area contributed by atoms with E-state index in [1.54, 1.807) is 30.3 Å². The molecule has 2 aromatic rings. The fraction of sp³-hybridized carbons (Fsp3) is 0.300. The summed E-state index contributed by atoms with van der Waals surface area (Å²) in [7, 11) is -4.00. The van der Waals surface area contributed by atoms with Crippen LogP contribution in [0.15, 0.2) is 46.5 Å². The number of pyridine rings is 1. The van der Waals surface area contributed by atoms with Gasteiger partial charge >= 0.3 is 0 Å². The van der Waals surface area contributed by atoms with Gasteiger partial charge in [0.1, 0.15) is 11.8 Å². The number of benzene rings is 1.